The number of likely N-dealkylation sites (tertiary alicyclic amines) is 1. The molecule has 22 heavy (non-hydrogen) atoms. The highest BCUT2D eigenvalue weighted by atomic mass is 19.1. The SMILES string of the molecule is CC1CCCN(C(N)=NCC(C)(O)c2ccc(F)cc2F)C1. The van der Waals surface area contributed by atoms with Crippen molar-refractivity contribution in [3.63, 3.8) is 0 Å². The van der Waals surface area contributed by atoms with E-state index >= 15 is 0 Å². The third kappa shape index (κ3) is 3.94. The van der Waals surface area contributed by atoms with Crippen LogP contribution in [0.5, 0.6) is 0 Å². The van der Waals surface area contributed by atoms with Gasteiger partial charge >= 0.3 is 0 Å². The molecule has 0 bridgehead atoms. The molecule has 1 fully saturated rings. The molecule has 2 rings (SSSR count). The molecule has 1 heterocycles. The van der Waals surface area contributed by atoms with Gasteiger partial charge in [-0.15, -0.1) is 0 Å². The zero-order valence-electron chi connectivity index (χ0n) is 13.0. The predicted octanol–water partition coefficient (Wildman–Crippen LogP) is 2.22. The molecule has 0 saturated carbocycles. The standard InChI is InChI=1S/C16H23F2N3O/c1-11-4-3-7-21(9-11)15(19)20-10-16(2,22)13-6-5-12(17)8-14(13)18/h5-6,8,11,22H,3-4,7,9-10H2,1-2H3,(H2,19,20). The largest absolute Gasteiger partial charge is 0.383 e. The van der Waals surface area contributed by atoms with Crippen LogP contribution in [0.25, 0.3) is 0 Å². The molecule has 1 aromatic carbocycles. The molecule has 3 N–H and O–H groups in total. The molecule has 0 spiro atoms. The number of aliphatic hydroxyl groups is 1. The Morgan fingerprint density at radius 3 is 2.86 bits per heavy atom. The Labute approximate surface area is 129 Å². The Balaban J connectivity index is 2.09. The van der Waals surface area contributed by atoms with Gasteiger partial charge in [0.05, 0.1) is 6.54 Å². The summed E-state index contributed by atoms with van der Waals surface area (Å²) in [5.74, 6) is -0.556. The maximum absolute atomic E-state index is 13.8. The third-order valence-corrected chi connectivity index (χ3v) is 4.04. The number of piperidine rings is 1. The third-order valence-electron chi connectivity index (χ3n) is 4.04. The van der Waals surface area contributed by atoms with Crippen molar-refractivity contribution in [3.05, 3.63) is 35.4 Å². The Hall–Kier alpha value is -1.69. The molecule has 122 valence electrons. The molecule has 4 nitrogen and oxygen atoms in total. The second-order valence-corrected chi connectivity index (χ2v) is 6.27. The molecule has 1 aromatic rings. The van der Waals surface area contributed by atoms with E-state index in [2.05, 4.69) is 11.9 Å². The molecule has 2 atom stereocenters. The van der Waals surface area contributed by atoms with Crippen LogP contribution in [-0.4, -0.2) is 35.6 Å². The van der Waals surface area contributed by atoms with Crippen molar-refractivity contribution in [1.82, 2.24) is 4.90 Å². The topological polar surface area (TPSA) is 61.8 Å². The van der Waals surface area contributed by atoms with E-state index in [1.807, 2.05) is 4.90 Å². The number of nitrogens with zero attached hydrogens (tertiary/aromatic N) is 2. The van der Waals surface area contributed by atoms with E-state index < -0.39 is 17.2 Å². The number of guanidine groups is 1. The van der Waals surface area contributed by atoms with Crippen molar-refractivity contribution in [2.24, 2.45) is 16.6 Å². The number of benzene rings is 1. The fourth-order valence-electron chi connectivity index (χ4n) is 2.74. The number of hydrogen-bond acceptors (Lipinski definition) is 2. The monoisotopic (exact) mass is 311 g/mol. The zero-order valence-corrected chi connectivity index (χ0v) is 13.0. The molecule has 2 unspecified atom stereocenters. The molecule has 1 aliphatic rings. The van der Waals surface area contributed by atoms with Gasteiger partial charge in [0.15, 0.2) is 5.96 Å². The second-order valence-electron chi connectivity index (χ2n) is 6.27. The second kappa shape index (κ2) is 6.60. The highest BCUT2D eigenvalue weighted by Crippen LogP contribution is 2.24. The van der Waals surface area contributed by atoms with Crippen molar-refractivity contribution < 1.29 is 13.9 Å². The van der Waals surface area contributed by atoms with Crippen LogP contribution in [0, 0.1) is 17.6 Å². The van der Waals surface area contributed by atoms with Gasteiger partial charge in [0.25, 0.3) is 0 Å². The lowest BCUT2D eigenvalue weighted by Gasteiger charge is -2.32. The quantitative estimate of drug-likeness (QED) is 0.664. The molecule has 1 saturated heterocycles. The minimum absolute atomic E-state index is 0.0115. The highest BCUT2D eigenvalue weighted by molar-refractivity contribution is 5.78. The van der Waals surface area contributed by atoms with Crippen LogP contribution < -0.4 is 5.73 Å². The lowest BCUT2D eigenvalue weighted by atomic mass is 9.95. The molecule has 0 amide bonds. The Morgan fingerprint density at radius 1 is 1.50 bits per heavy atom. The van der Waals surface area contributed by atoms with Gasteiger partial charge in [-0.2, -0.15) is 0 Å². The number of nitrogens with two attached hydrogens (primary N) is 1. The van der Waals surface area contributed by atoms with Crippen molar-refractivity contribution >= 4 is 5.96 Å². The van der Waals surface area contributed by atoms with E-state index in [0.717, 1.165) is 31.6 Å². The number of hydrogen-bond donors (Lipinski definition) is 2. The summed E-state index contributed by atoms with van der Waals surface area (Å²) < 4.78 is 26.7. The average Bonchev–Trinajstić information content (AvgIpc) is 2.44. The maximum Gasteiger partial charge on any atom is 0.191 e. The van der Waals surface area contributed by atoms with Crippen LogP contribution in [-0.2, 0) is 5.60 Å². The highest BCUT2D eigenvalue weighted by Gasteiger charge is 2.27. The molecule has 1 aliphatic heterocycles. The van der Waals surface area contributed by atoms with Crippen molar-refractivity contribution in [1.29, 1.82) is 0 Å². The molecular formula is C16H23F2N3O. The molecular weight excluding hydrogens is 288 g/mol. The summed E-state index contributed by atoms with van der Waals surface area (Å²) in [5.41, 5.74) is 4.44. The van der Waals surface area contributed by atoms with Crippen LogP contribution in [0.3, 0.4) is 0 Å². The first-order chi connectivity index (χ1) is 10.3. The van der Waals surface area contributed by atoms with Gasteiger partial charge in [-0.3, -0.25) is 0 Å². The van der Waals surface area contributed by atoms with Crippen LogP contribution >= 0.6 is 0 Å². The summed E-state index contributed by atoms with van der Waals surface area (Å²) in [7, 11) is 0. The van der Waals surface area contributed by atoms with Gasteiger partial charge in [0.2, 0.25) is 0 Å². The van der Waals surface area contributed by atoms with Gasteiger partial charge in [0, 0.05) is 24.7 Å². The van der Waals surface area contributed by atoms with E-state index in [4.69, 9.17) is 5.73 Å². The van der Waals surface area contributed by atoms with Crippen LogP contribution in [0.1, 0.15) is 32.3 Å². The Bertz CT molecular complexity index is 560. The lowest BCUT2D eigenvalue weighted by molar-refractivity contribution is 0.0629. The minimum atomic E-state index is -1.54. The smallest absolute Gasteiger partial charge is 0.191 e. The van der Waals surface area contributed by atoms with Crippen molar-refractivity contribution in [2.75, 3.05) is 19.6 Å². The summed E-state index contributed by atoms with van der Waals surface area (Å²) >= 11 is 0. The maximum atomic E-state index is 13.8. The summed E-state index contributed by atoms with van der Waals surface area (Å²) in [5, 5.41) is 10.4. The average molecular weight is 311 g/mol. The first kappa shape index (κ1) is 16.7. The number of halogens is 2. The van der Waals surface area contributed by atoms with E-state index in [-0.39, 0.29) is 12.1 Å². The summed E-state index contributed by atoms with van der Waals surface area (Å²) in [6, 6.07) is 3.11. The Kier molecular flexibility index (Phi) is 5.01. The van der Waals surface area contributed by atoms with Gasteiger partial charge in [-0.25, -0.2) is 13.8 Å². The number of rotatable bonds is 3. The van der Waals surface area contributed by atoms with Crippen LogP contribution in [0.15, 0.2) is 23.2 Å². The fraction of sp³-hybridized carbons (Fsp3) is 0.562. The van der Waals surface area contributed by atoms with Crippen molar-refractivity contribution in [3.8, 4) is 0 Å². The summed E-state index contributed by atoms with van der Waals surface area (Å²) in [6.07, 6.45) is 2.22. The number of aliphatic imine (C=N–C) groups is 1. The summed E-state index contributed by atoms with van der Waals surface area (Å²) in [6.45, 7) is 5.20. The van der Waals surface area contributed by atoms with E-state index in [9.17, 15) is 13.9 Å². The van der Waals surface area contributed by atoms with Crippen LogP contribution in [0.4, 0.5) is 8.78 Å². The van der Waals surface area contributed by atoms with Gasteiger partial charge in [-0.05, 0) is 31.7 Å². The Morgan fingerprint density at radius 2 is 2.23 bits per heavy atom. The van der Waals surface area contributed by atoms with Gasteiger partial charge in [-0.1, -0.05) is 13.0 Å². The zero-order chi connectivity index (χ0) is 16.3. The van der Waals surface area contributed by atoms with Gasteiger partial charge in [0.1, 0.15) is 17.2 Å². The lowest BCUT2D eigenvalue weighted by Crippen LogP contribution is -2.44. The van der Waals surface area contributed by atoms with Crippen LogP contribution in [0.2, 0.25) is 0 Å². The summed E-state index contributed by atoms with van der Waals surface area (Å²) in [4.78, 5) is 6.18. The first-order valence-corrected chi connectivity index (χ1v) is 7.52. The van der Waals surface area contributed by atoms with E-state index in [1.54, 1.807) is 0 Å². The minimum Gasteiger partial charge on any atom is -0.383 e. The molecule has 0 radical (unpaired) electrons. The fourth-order valence-corrected chi connectivity index (χ4v) is 2.74. The normalized spacial score (nSPS) is 22.5. The van der Waals surface area contributed by atoms with E-state index in [1.165, 1.54) is 19.4 Å². The van der Waals surface area contributed by atoms with Gasteiger partial charge < -0.3 is 15.7 Å². The molecule has 0 aliphatic carbocycles. The van der Waals surface area contributed by atoms with E-state index in [0.29, 0.717) is 11.9 Å². The molecule has 0 aromatic heterocycles. The predicted molar refractivity (Wildman–Crippen MR) is 82.4 cm³/mol. The van der Waals surface area contributed by atoms with Crippen molar-refractivity contribution in [2.45, 2.75) is 32.3 Å². The molecule has 6 heteroatoms. The first-order valence-electron chi connectivity index (χ1n) is 7.52.